The first-order chi connectivity index (χ1) is 16.4. The van der Waals surface area contributed by atoms with Crippen LogP contribution in [-0.4, -0.2) is 33.7 Å². The minimum Gasteiger partial charge on any atom is -0.497 e. The van der Waals surface area contributed by atoms with Gasteiger partial charge in [-0.1, -0.05) is 23.8 Å². The summed E-state index contributed by atoms with van der Waals surface area (Å²) in [5.74, 6) is 1.62. The molecule has 1 N–H and O–H groups in total. The van der Waals surface area contributed by atoms with Gasteiger partial charge in [-0.15, -0.1) is 0 Å². The average molecular weight is 479 g/mol. The van der Waals surface area contributed by atoms with E-state index < -0.39 is 9.84 Å². The Kier molecular flexibility index (Phi) is 5.62. The molecule has 3 aromatic carbocycles. The molecule has 0 amide bonds. The van der Waals surface area contributed by atoms with E-state index in [0.29, 0.717) is 41.7 Å². The zero-order chi connectivity index (χ0) is 23.7. The van der Waals surface area contributed by atoms with E-state index >= 15 is 0 Å². The van der Waals surface area contributed by atoms with Gasteiger partial charge in [0.2, 0.25) is 26.6 Å². The van der Waals surface area contributed by atoms with Crippen LogP contribution in [-0.2, 0) is 9.84 Å². The summed E-state index contributed by atoms with van der Waals surface area (Å²) < 4.78 is 49.6. The van der Waals surface area contributed by atoms with Gasteiger partial charge < -0.3 is 23.9 Å². The second-order valence-electron chi connectivity index (χ2n) is 7.69. The number of anilines is 2. The van der Waals surface area contributed by atoms with Crippen LogP contribution in [0.15, 0.2) is 81.1 Å². The average Bonchev–Trinajstić information content (AvgIpc) is 3.30. The Balaban J connectivity index is 1.61. The molecule has 0 radical (unpaired) electrons. The minimum atomic E-state index is -4.07. The summed E-state index contributed by atoms with van der Waals surface area (Å²) in [6, 6.07) is 19.0. The van der Waals surface area contributed by atoms with Gasteiger partial charge in [-0.05, 0) is 49.4 Å². The van der Waals surface area contributed by atoms with Crippen molar-refractivity contribution < 1.29 is 27.0 Å². The van der Waals surface area contributed by atoms with Crippen LogP contribution < -0.4 is 19.5 Å². The van der Waals surface area contributed by atoms with Gasteiger partial charge in [0, 0.05) is 17.3 Å². The molecule has 8 nitrogen and oxygen atoms in total. The normalized spacial score (nSPS) is 12.9. The van der Waals surface area contributed by atoms with Crippen molar-refractivity contribution in [3.05, 3.63) is 72.3 Å². The minimum absolute atomic E-state index is 0.0107. The van der Waals surface area contributed by atoms with Crippen LogP contribution >= 0.6 is 0 Å². The number of hydrogen-bond donors (Lipinski definition) is 1. The Morgan fingerprint density at radius 2 is 1.71 bits per heavy atom. The molecule has 4 aromatic rings. The summed E-state index contributed by atoms with van der Waals surface area (Å²) in [4.78, 5) is 4.41. The molecule has 0 unspecified atom stereocenters. The van der Waals surface area contributed by atoms with E-state index in [0.717, 1.165) is 5.56 Å². The maximum atomic E-state index is 13.7. The molecule has 0 saturated heterocycles. The third kappa shape index (κ3) is 4.17. The number of aryl methyl sites for hydroxylation is 1. The number of fused-ring (bicyclic) bond motifs is 1. The SMILES string of the molecule is COc1cccc(-c2nc(S(=O)(=O)c3ccc4c(c3)OCCO4)c(Nc3ccc(C)cc3)o2)c1. The fourth-order valence-corrected chi connectivity index (χ4v) is 4.79. The highest BCUT2D eigenvalue weighted by Gasteiger charge is 2.30. The molecule has 174 valence electrons. The molecular weight excluding hydrogens is 456 g/mol. The van der Waals surface area contributed by atoms with Gasteiger partial charge in [0.05, 0.1) is 12.0 Å². The Labute approximate surface area is 197 Å². The van der Waals surface area contributed by atoms with E-state index in [1.807, 2.05) is 31.2 Å². The predicted octanol–water partition coefficient (Wildman–Crippen LogP) is 5.01. The number of ether oxygens (including phenoxy) is 3. The molecular formula is C25H22N2O6S. The van der Waals surface area contributed by atoms with Crippen molar-refractivity contribution in [2.45, 2.75) is 16.8 Å². The third-order valence-corrected chi connectivity index (χ3v) is 6.96. The number of nitrogens with one attached hydrogen (secondary N) is 1. The second-order valence-corrected chi connectivity index (χ2v) is 9.55. The molecule has 0 spiro atoms. The maximum absolute atomic E-state index is 13.7. The third-order valence-electron chi connectivity index (χ3n) is 5.30. The highest BCUT2D eigenvalue weighted by Crippen LogP contribution is 2.38. The molecule has 34 heavy (non-hydrogen) atoms. The zero-order valence-corrected chi connectivity index (χ0v) is 19.4. The zero-order valence-electron chi connectivity index (χ0n) is 18.6. The molecule has 1 aromatic heterocycles. The van der Waals surface area contributed by atoms with Crippen molar-refractivity contribution in [1.29, 1.82) is 0 Å². The summed E-state index contributed by atoms with van der Waals surface area (Å²) in [7, 11) is -2.52. The molecule has 0 atom stereocenters. The van der Waals surface area contributed by atoms with Crippen molar-refractivity contribution in [3.8, 4) is 28.7 Å². The van der Waals surface area contributed by atoms with Gasteiger partial charge in [0.25, 0.3) is 0 Å². The molecule has 1 aliphatic rings. The Morgan fingerprint density at radius 3 is 2.47 bits per heavy atom. The van der Waals surface area contributed by atoms with E-state index in [4.69, 9.17) is 18.6 Å². The lowest BCUT2D eigenvalue weighted by atomic mass is 10.2. The van der Waals surface area contributed by atoms with Crippen LogP contribution in [0.2, 0.25) is 0 Å². The number of benzene rings is 3. The van der Waals surface area contributed by atoms with E-state index in [-0.39, 0.29) is 21.7 Å². The van der Waals surface area contributed by atoms with E-state index in [1.165, 1.54) is 12.1 Å². The number of sulfone groups is 1. The van der Waals surface area contributed by atoms with Crippen LogP contribution in [0.4, 0.5) is 11.6 Å². The Hall–Kier alpha value is -3.98. The lowest BCUT2D eigenvalue weighted by molar-refractivity contribution is 0.171. The molecule has 0 fully saturated rings. The van der Waals surface area contributed by atoms with Gasteiger partial charge in [-0.2, -0.15) is 4.98 Å². The van der Waals surface area contributed by atoms with E-state index in [1.54, 1.807) is 37.4 Å². The van der Waals surface area contributed by atoms with E-state index in [9.17, 15) is 8.42 Å². The van der Waals surface area contributed by atoms with Crippen LogP contribution in [0.25, 0.3) is 11.5 Å². The molecule has 1 aliphatic heterocycles. The number of rotatable bonds is 6. The Morgan fingerprint density at radius 1 is 0.941 bits per heavy atom. The fourth-order valence-electron chi connectivity index (χ4n) is 3.52. The van der Waals surface area contributed by atoms with Crippen molar-refractivity contribution in [2.24, 2.45) is 0 Å². The first kappa shape index (κ1) is 21.8. The molecule has 9 heteroatoms. The van der Waals surface area contributed by atoms with Crippen molar-refractivity contribution in [2.75, 3.05) is 25.6 Å². The van der Waals surface area contributed by atoms with Crippen molar-refractivity contribution >= 4 is 21.4 Å². The standard InChI is InChI=1S/C25H22N2O6S/c1-16-6-8-18(9-7-16)26-24-25(27-23(33-24)17-4-3-5-19(14-17)30-2)34(28,29)20-10-11-21-22(15-20)32-13-12-31-21/h3-11,14-15,26H,12-13H2,1-2H3. The number of oxazole rings is 1. The Bertz CT molecular complexity index is 1440. The summed E-state index contributed by atoms with van der Waals surface area (Å²) >= 11 is 0. The summed E-state index contributed by atoms with van der Waals surface area (Å²) in [5, 5.41) is 2.83. The summed E-state index contributed by atoms with van der Waals surface area (Å²) in [6.45, 7) is 2.73. The second kappa shape index (κ2) is 8.75. The van der Waals surface area contributed by atoms with Crippen LogP contribution in [0, 0.1) is 6.92 Å². The van der Waals surface area contributed by atoms with Crippen LogP contribution in [0.5, 0.6) is 17.2 Å². The molecule has 0 saturated carbocycles. The fraction of sp³-hybridized carbons (Fsp3) is 0.160. The predicted molar refractivity (Wildman–Crippen MR) is 126 cm³/mol. The number of nitrogens with zero attached hydrogens (tertiary/aromatic N) is 1. The van der Waals surface area contributed by atoms with Crippen LogP contribution in [0.3, 0.4) is 0 Å². The maximum Gasteiger partial charge on any atom is 0.238 e. The van der Waals surface area contributed by atoms with Gasteiger partial charge in [0.15, 0.2) is 11.5 Å². The van der Waals surface area contributed by atoms with Gasteiger partial charge in [0.1, 0.15) is 19.0 Å². The smallest absolute Gasteiger partial charge is 0.238 e. The lowest BCUT2D eigenvalue weighted by Crippen LogP contribution is -2.16. The quantitative estimate of drug-likeness (QED) is 0.413. The largest absolute Gasteiger partial charge is 0.497 e. The topological polar surface area (TPSA) is 99.9 Å². The van der Waals surface area contributed by atoms with Crippen molar-refractivity contribution in [3.63, 3.8) is 0 Å². The molecule has 0 bridgehead atoms. The van der Waals surface area contributed by atoms with Gasteiger partial charge >= 0.3 is 0 Å². The highest BCUT2D eigenvalue weighted by atomic mass is 32.2. The first-order valence-electron chi connectivity index (χ1n) is 10.6. The molecule has 5 rings (SSSR count). The number of hydrogen-bond acceptors (Lipinski definition) is 8. The summed E-state index contributed by atoms with van der Waals surface area (Å²) in [6.07, 6.45) is 0. The highest BCUT2D eigenvalue weighted by molar-refractivity contribution is 7.91. The van der Waals surface area contributed by atoms with E-state index in [2.05, 4.69) is 10.3 Å². The first-order valence-corrected chi connectivity index (χ1v) is 12.1. The molecule has 0 aliphatic carbocycles. The van der Waals surface area contributed by atoms with Crippen molar-refractivity contribution in [1.82, 2.24) is 4.98 Å². The number of methoxy groups -OCH3 is 1. The molecule has 2 heterocycles. The van der Waals surface area contributed by atoms with Gasteiger partial charge in [-0.25, -0.2) is 8.42 Å². The summed E-state index contributed by atoms with van der Waals surface area (Å²) in [5.41, 5.74) is 2.32. The lowest BCUT2D eigenvalue weighted by Gasteiger charge is -2.18. The van der Waals surface area contributed by atoms with Crippen LogP contribution in [0.1, 0.15) is 5.56 Å². The number of aromatic nitrogens is 1. The monoisotopic (exact) mass is 478 g/mol. The van der Waals surface area contributed by atoms with Gasteiger partial charge in [-0.3, -0.25) is 0 Å².